The zero-order valence-corrected chi connectivity index (χ0v) is 18.2. The number of nitrogens with one attached hydrogen (secondary N) is 1. The molecule has 1 heterocycles. The summed E-state index contributed by atoms with van der Waals surface area (Å²) in [6, 6.07) is 22.0. The van der Waals surface area contributed by atoms with E-state index in [4.69, 9.17) is 0 Å². The van der Waals surface area contributed by atoms with Gasteiger partial charge in [-0.15, -0.1) is 0 Å². The molecular weight excluding hydrogens is 386 g/mol. The molecule has 3 aromatic rings. The van der Waals surface area contributed by atoms with E-state index >= 15 is 0 Å². The molecule has 0 saturated carbocycles. The average Bonchev–Trinajstić information content (AvgIpc) is 2.78. The van der Waals surface area contributed by atoms with E-state index in [1.807, 2.05) is 79.4 Å². The van der Waals surface area contributed by atoms with Gasteiger partial charge in [0.15, 0.2) is 0 Å². The summed E-state index contributed by atoms with van der Waals surface area (Å²) in [6.45, 7) is 7.04. The molecule has 1 aliphatic heterocycles. The number of piperazine rings is 1. The minimum Gasteiger partial charge on any atom is -0.368 e. The Morgan fingerprint density at radius 2 is 1.55 bits per heavy atom. The first-order valence-corrected chi connectivity index (χ1v) is 10.9. The van der Waals surface area contributed by atoms with Crippen molar-refractivity contribution in [2.45, 2.75) is 20.3 Å². The van der Waals surface area contributed by atoms with Crippen LogP contribution in [0, 0.1) is 5.92 Å². The molecular formula is C26H29N3O2. The van der Waals surface area contributed by atoms with Crippen LogP contribution in [0.2, 0.25) is 0 Å². The fourth-order valence-electron chi connectivity index (χ4n) is 4.01. The Kier molecular flexibility index (Phi) is 6.21. The van der Waals surface area contributed by atoms with Crippen LogP contribution in [0.3, 0.4) is 0 Å². The van der Waals surface area contributed by atoms with E-state index in [0.29, 0.717) is 25.4 Å². The Balaban J connectivity index is 1.34. The summed E-state index contributed by atoms with van der Waals surface area (Å²) in [7, 11) is 0. The highest BCUT2D eigenvalue weighted by Crippen LogP contribution is 2.22. The Hall–Kier alpha value is -3.34. The van der Waals surface area contributed by atoms with Crippen molar-refractivity contribution in [2.24, 2.45) is 5.92 Å². The Morgan fingerprint density at radius 1 is 0.871 bits per heavy atom. The average molecular weight is 416 g/mol. The molecule has 0 unspecified atom stereocenters. The maximum Gasteiger partial charge on any atom is 0.253 e. The van der Waals surface area contributed by atoms with Gasteiger partial charge in [-0.3, -0.25) is 9.59 Å². The molecule has 0 radical (unpaired) electrons. The van der Waals surface area contributed by atoms with E-state index in [1.54, 1.807) is 0 Å². The summed E-state index contributed by atoms with van der Waals surface area (Å²) in [5, 5.41) is 5.18. The summed E-state index contributed by atoms with van der Waals surface area (Å²) >= 11 is 0. The van der Waals surface area contributed by atoms with Crippen LogP contribution in [-0.2, 0) is 4.79 Å². The van der Waals surface area contributed by atoms with Gasteiger partial charge in [0.2, 0.25) is 5.91 Å². The van der Waals surface area contributed by atoms with Crippen LogP contribution in [0.5, 0.6) is 0 Å². The number of benzene rings is 3. The summed E-state index contributed by atoms with van der Waals surface area (Å²) in [6.07, 6.45) is 0.523. The van der Waals surface area contributed by atoms with Gasteiger partial charge in [-0.25, -0.2) is 0 Å². The minimum absolute atomic E-state index is 0.0450. The van der Waals surface area contributed by atoms with Gasteiger partial charge in [0.1, 0.15) is 0 Å². The second-order valence-corrected chi connectivity index (χ2v) is 8.53. The minimum atomic E-state index is 0.0450. The number of rotatable bonds is 5. The standard InChI is InChI=1S/C26H29N3O2/c1-19(2)17-25(30)27-23-9-11-24(12-10-23)28-13-15-29(16-14-28)26(31)22-8-7-20-5-3-4-6-21(20)18-22/h3-12,18-19H,13-17H2,1-2H3,(H,27,30). The van der Waals surface area contributed by atoms with Gasteiger partial charge in [-0.2, -0.15) is 0 Å². The lowest BCUT2D eigenvalue weighted by Gasteiger charge is -2.36. The molecule has 5 heteroatoms. The normalized spacial score (nSPS) is 14.2. The van der Waals surface area contributed by atoms with E-state index in [9.17, 15) is 9.59 Å². The van der Waals surface area contributed by atoms with E-state index in [2.05, 4.69) is 16.3 Å². The van der Waals surface area contributed by atoms with E-state index in [-0.39, 0.29) is 11.8 Å². The lowest BCUT2D eigenvalue weighted by atomic mass is 10.1. The Labute approximate surface area is 183 Å². The van der Waals surface area contributed by atoms with Crippen molar-refractivity contribution in [3.05, 3.63) is 72.3 Å². The molecule has 1 saturated heterocycles. The lowest BCUT2D eigenvalue weighted by molar-refractivity contribution is -0.116. The van der Waals surface area contributed by atoms with Crippen LogP contribution >= 0.6 is 0 Å². The van der Waals surface area contributed by atoms with Gasteiger partial charge in [-0.1, -0.05) is 44.2 Å². The first-order valence-electron chi connectivity index (χ1n) is 10.9. The largest absolute Gasteiger partial charge is 0.368 e. The molecule has 1 N–H and O–H groups in total. The molecule has 31 heavy (non-hydrogen) atoms. The second kappa shape index (κ2) is 9.21. The number of nitrogens with zero attached hydrogens (tertiary/aromatic N) is 2. The third-order valence-corrected chi connectivity index (χ3v) is 5.67. The van der Waals surface area contributed by atoms with Gasteiger partial charge >= 0.3 is 0 Å². The summed E-state index contributed by atoms with van der Waals surface area (Å²) in [5.74, 6) is 0.477. The maximum absolute atomic E-state index is 13.0. The smallest absolute Gasteiger partial charge is 0.253 e. The number of anilines is 2. The monoisotopic (exact) mass is 415 g/mol. The van der Waals surface area contributed by atoms with Crippen LogP contribution in [0.25, 0.3) is 10.8 Å². The van der Waals surface area contributed by atoms with Crippen molar-refractivity contribution in [2.75, 3.05) is 36.4 Å². The van der Waals surface area contributed by atoms with Crippen molar-refractivity contribution in [3.8, 4) is 0 Å². The number of amides is 2. The topological polar surface area (TPSA) is 52.7 Å². The Morgan fingerprint density at radius 3 is 2.23 bits per heavy atom. The van der Waals surface area contributed by atoms with Gasteiger partial charge in [0.25, 0.3) is 5.91 Å². The quantitative estimate of drug-likeness (QED) is 0.652. The number of hydrogen-bond donors (Lipinski definition) is 1. The van der Waals surface area contributed by atoms with Gasteiger partial charge in [-0.05, 0) is 53.1 Å². The summed E-state index contributed by atoms with van der Waals surface area (Å²) in [4.78, 5) is 29.1. The fraction of sp³-hybridized carbons (Fsp3) is 0.308. The Bertz CT molecular complexity index is 1070. The first kappa shape index (κ1) is 20.9. The van der Waals surface area contributed by atoms with Crippen LogP contribution in [0.15, 0.2) is 66.7 Å². The van der Waals surface area contributed by atoms with Gasteiger partial charge in [0, 0.05) is 49.5 Å². The predicted molar refractivity (Wildman–Crippen MR) is 127 cm³/mol. The molecule has 3 aromatic carbocycles. The van der Waals surface area contributed by atoms with E-state index < -0.39 is 0 Å². The van der Waals surface area contributed by atoms with Crippen molar-refractivity contribution in [3.63, 3.8) is 0 Å². The zero-order chi connectivity index (χ0) is 21.8. The van der Waals surface area contributed by atoms with E-state index in [0.717, 1.165) is 40.8 Å². The highest BCUT2D eigenvalue weighted by molar-refractivity contribution is 5.98. The van der Waals surface area contributed by atoms with Crippen molar-refractivity contribution >= 4 is 34.0 Å². The molecule has 0 aromatic heterocycles. The molecule has 160 valence electrons. The molecule has 1 aliphatic rings. The number of carbonyl (C=O) groups is 2. The molecule has 1 fully saturated rings. The van der Waals surface area contributed by atoms with Crippen LogP contribution in [0.1, 0.15) is 30.6 Å². The number of fused-ring (bicyclic) bond motifs is 1. The third kappa shape index (κ3) is 5.05. The van der Waals surface area contributed by atoms with Gasteiger partial charge < -0.3 is 15.1 Å². The number of carbonyl (C=O) groups excluding carboxylic acids is 2. The maximum atomic E-state index is 13.0. The summed E-state index contributed by atoms with van der Waals surface area (Å²) < 4.78 is 0. The van der Waals surface area contributed by atoms with Crippen molar-refractivity contribution in [1.29, 1.82) is 0 Å². The second-order valence-electron chi connectivity index (χ2n) is 8.53. The molecule has 5 nitrogen and oxygen atoms in total. The van der Waals surface area contributed by atoms with Crippen molar-refractivity contribution < 1.29 is 9.59 Å². The fourth-order valence-corrected chi connectivity index (χ4v) is 4.01. The SMILES string of the molecule is CC(C)CC(=O)Nc1ccc(N2CCN(C(=O)c3ccc4ccccc4c3)CC2)cc1. The van der Waals surface area contributed by atoms with Gasteiger partial charge in [0.05, 0.1) is 0 Å². The molecule has 4 rings (SSSR count). The van der Waals surface area contributed by atoms with Crippen LogP contribution in [-0.4, -0.2) is 42.9 Å². The van der Waals surface area contributed by atoms with Crippen LogP contribution < -0.4 is 10.2 Å². The highest BCUT2D eigenvalue weighted by Gasteiger charge is 2.22. The molecule has 0 spiro atoms. The van der Waals surface area contributed by atoms with Crippen molar-refractivity contribution in [1.82, 2.24) is 4.90 Å². The first-order chi connectivity index (χ1) is 15.0. The molecule has 0 atom stereocenters. The third-order valence-electron chi connectivity index (χ3n) is 5.67. The molecule has 2 amide bonds. The predicted octanol–water partition coefficient (Wildman–Crippen LogP) is 4.79. The number of hydrogen-bond acceptors (Lipinski definition) is 3. The zero-order valence-electron chi connectivity index (χ0n) is 18.2. The lowest BCUT2D eigenvalue weighted by Crippen LogP contribution is -2.48. The molecule has 0 aliphatic carbocycles. The van der Waals surface area contributed by atoms with Crippen LogP contribution in [0.4, 0.5) is 11.4 Å². The molecule has 0 bridgehead atoms. The summed E-state index contributed by atoms with van der Waals surface area (Å²) in [5.41, 5.74) is 2.67. The van der Waals surface area contributed by atoms with E-state index in [1.165, 1.54) is 0 Å². The highest BCUT2D eigenvalue weighted by atomic mass is 16.2.